The standard InChI is InChI=1S/C37H25N3/c1-2-6-27-21-30(15-10-24(27)5-1)33-18-16-25-11-13-28(22-36(25)39-33)29-14-12-26-17-19-35(40-37(26)23-29)32-7-3-9-34-31(32)8-4-20-38-34/h1-19,21-23,38H,20H2. The molecular weight excluding hydrogens is 486 g/mol. The smallest absolute Gasteiger partial charge is 0.0716 e. The van der Waals surface area contributed by atoms with E-state index in [2.05, 4.69) is 139 Å². The maximum Gasteiger partial charge on any atom is 0.0716 e. The van der Waals surface area contributed by atoms with Crippen LogP contribution in [0.3, 0.4) is 0 Å². The Morgan fingerprint density at radius 2 is 1.15 bits per heavy atom. The summed E-state index contributed by atoms with van der Waals surface area (Å²) in [6.45, 7) is 0.856. The quantitative estimate of drug-likeness (QED) is 0.257. The molecule has 3 heteroatoms. The fourth-order valence-corrected chi connectivity index (χ4v) is 5.72. The molecule has 7 aromatic rings. The lowest BCUT2D eigenvalue weighted by Gasteiger charge is -2.16. The zero-order valence-electron chi connectivity index (χ0n) is 21.8. The van der Waals surface area contributed by atoms with Gasteiger partial charge in [-0.1, -0.05) is 97.1 Å². The van der Waals surface area contributed by atoms with Crippen molar-refractivity contribution in [2.45, 2.75) is 0 Å². The summed E-state index contributed by atoms with van der Waals surface area (Å²) in [5, 5.41) is 8.18. The van der Waals surface area contributed by atoms with Gasteiger partial charge in [-0.3, -0.25) is 0 Å². The van der Waals surface area contributed by atoms with Gasteiger partial charge in [-0.2, -0.15) is 0 Å². The Morgan fingerprint density at radius 1 is 0.500 bits per heavy atom. The molecular formula is C37H25N3. The number of hydrogen-bond acceptors (Lipinski definition) is 3. The van der Waals surface area contributed by atoms with Crippen molar-refractivity contribution in [3.63, 3.8) is 0 Å². The van der Waals surface area contributed by atoms with Gasteiger partial charge in [-0.25, -0.2) is 9.97 Å². The van der Waals surface area contributed by atoms with Crippen LogP contribution in [-0.2, 0) is 0 Å². The van der Waals surface area contributed by atoms with E-state index in [0.29, 0.717) is 0 Å². The molecule has 5 aromatic carbocycles. The molecule has 1 aliphatic heterocycles. The van der Waals surface area contributed by atoms with E-state index >= 15 is 0 Å². The summed E-state index contributed by atoms with van der Waals surface area (Å²) in [6.07, 6.45) is 4.35. The molecule has 3 heterocycles. The van der Waals surface area contributed by atoms with E-state index in [4.69, 9.17) is 9.97 Å². The number of nitrogens with one attached hydrogen (secondary N) is 1. The minimum Gasteiger partial charge on any atom is -0.381 e. The first-order chi connectivity index (χ1) is 19.8. The van der Waals surface area contributed by atoms with Gasteiger partial charge in [-0.05, 0) is 58.3 Å². The van der Waals surface area contributed by atoms with Crippen molar-refractivity contribution in [2.24, 2.45) is 0 Å². The van der Waals surface area contributed by atoms with Gasteiger partial charge in [0.1, 0.15) is 0 Å². The van der Waals surface area contributed by atoms with Gasteiger partial charge in [0.05, 0.1) is 22.4 Å². The highest BCUT2D eigenvalue weighted by Crippen LogP contribution is 2.34. The topological polar surface area (TPSA) is 37.8 Å². The molecule has 40 heavy (non-hydrogen) atoms. The predicted octanol–water partition coefficient (Wildman–Crippen LogP) is 9.38. The monoisotopic (exact) mass is 511 g/mol. The molecule has 188 valence electrons. The Labute approximate surface area is 232 Å². The fraction of sp³-hybridized carbons (Fsp3) is 0.0270. The molecule has 0 aliphatic carbocycles. The number of nitrogens with zero attached hydrogens (tertiary/aromatic N) is 2. The normalized spacial score (nSPS) is 12.5. The van der Waals surface area contributed by atoms with Gasteiger partial charge in [0.15, 0.2) is 0 Å². The second kappa shape index (κ2) is 9.18. The van der Waals surface area contributed by atoms with E-state index in [9.17, 15) is 0 Å². The number of pyridine rings is 2. The zero-order valence-corrected chi connectivity index (χ0v) is 21.8. The van der Waals surface area contributed by atoms with Crippen LogP contribution in [0.1, 0.15) is 5.56 Å². The highest BCUT2D eigenvalue weighted by Gasteiger charge is 2.12. The number of aromatic nitrogens is 2. The van der Waals surface area contributed by atoms with Crippen LogP contribution in [0.2, 0.25) is 0 Å². The molecule has 0 spiro atoms. The Bertz CT molecular complexity index is 2120. The van der Waals surface area contributed by atoms with Crippen LogP contribution in [0.25, 0.3) is 72.3 Å². The Morgan fingerprint density at radius 3 is 1.95 bits per heavy atom. The molecule has 1 aliphatic rings. The van der Waals surface area contributed by atoms with Crippen LogP contribution in [0.5, 0.6) is 0 Å². The predicted molar refractivity (Wildman–Crippen MR) is 168 cm³/mol. The van der Waals surface area contributed by atoms with Crippen LogP contribution in [0.4, 0.5) is 5.69 Å². The lowest BCUT2D eigenvalue weighted by Crippen LogP contribution is -2.05. The van der Waals surface area contributed by atoms with Gasteiger partial charge in [0, 0.05) is 39.7 Å². The number of anilines is 1. The van der Waals surface area contributed by atoms with Crippen molar-refractivity contribution in [2.75, 3.05) is 11.9 Å². The van der Waals surface area contributed by atoms with Gasteiger partial charge < -0.3 is 5.32 Å². The summed E-state index contributed by atoms with van der Waals surface area (Å²) in [5.41, 5.74) is 10.8. The molecule has 0 saturated carbocycles. The Hall–Kier alpha value is -5.28. The van der Waals surface area contributed by atoms with Crippen LogP contribution >= 0.6 is 0 Å². The molecule has 2 aromatic heterocycles. The van der Waals surface area contributed by atoms with E-state index in [1.54, 1.807) is 0 Å². The number of fused-ring (bicyclic) bond motifs is 4. The lowest BCUT2D eigenvalue weighted by molar-refractivity contribution is 1.30. The van der Waals surface area contributed by atoms with Gasteiger partial charge in [0.2, 0.25) is 0 Å². The summed E-state index contributed by atoms with van der Waals surface area (Å²) < 4.78 is 0. The van der Waals surface area contributed by atoms with Crippen molar-refractivity contribution >= 4 is 44.3 Å². The minimum absolute atomic E-state index is 0.856. The Kier molecular flexibility index (Phi) is 5.20. The maximum atomic E-state index is 5.10. The number of hydrogen-bond donors (Lipinski definition) is 1. The second-order valence-electron chi connectivity index (χ2n) is 10.3. The molecule has 1 N–H and O–H groups in total. The summed E-state index contributed by atoms with van der Waals surface area (Å²) in [5.74, 6) is 0. The highest BCUT2D eigenvalue weighted by molar-refractivity contribution is 5.92. The van der Waals surface area contributed by atoms with Crippen LogP contribution in [0.15, 0.2) is 127 Å². The van der Waals surface area contributed by atoms with Crippen LogP contribution in [-0.4, -0.2) is 16.5 Å². The number of rotatable bonds is 3. The second-order valence-corrected chi connectivity index (χ2v) is 10.3. The Balaban J connectivity index is 1.19. The molecule has 8 rings (SSSR count). The average Bonchev–Trinajstić information content (AvgIpc) is 3.03. The summed E-state index contributed by atoms with van der Waals surface area (Å²) in [6, 6.07) is 43.0. The molecule has 0 unspecified atom stereocenters. The first kappa shape index (κ1) is 22.7. The summed E-state index contributed by atoms with van der Waals surface area (Å²) in [7, 11) is 0. The first-order valence-electron chi connectivity index (χ1n) is 13.6. The highest BCUT2D eigenvalue weighted by atomic mass is 14.9. The molecule has 0 radical (unpaired) electrons. The molecule has 0 amide bonds. The summed E-state index contributed by atoms with van der Waals surface area (Å²) >= 11 is 0. The first-order valence-corrected chi connectivity index (χ1v) is 13.6. The lowest BCUT2D eigenvalue weighted by atomic mass is 9.98. The van der Waals surface area contributed by atoms with Gasteiger partial charge in [0.25, 0.3) is 0 Å². The van der Waals surface area contributed by atoms with Crippen LogP contribution in [0, 0.1) is 0 Å². The minimum atomic E-state index is 0.856. The van der Waals surface area contributed by atoms with Crippen molar-refractivity contribution in [3.8, 4) is 33.6 Å². The average molecular weight is 512 g/mol. The van der Waals surface area contributed by atoms with Crippen molar-refractivity contribution < 1.29 is 0 Å². The SMILES string of the molecule is C1=Cc2c(cccc2-c2ccc3ccc(-c4ccc5ccc(-c6ccc7ccccc7c6)nc5c4)cc3n2)NC1. The van der Waals surface area contributed by atoms with E-state index in [1.807, 2.05) is 0 Å². The van der Waals surface area contributed by atoms with E-state index in [0.717, 1.165) is 67.7 Å². The summed E-state index contributed by atoms with van der Waals surface area (Å²) in [4.78, 5) is 10.2. The third-order valence-corrected chi connectivity index (χ3v) is 7.84. The van der Waals surface area contributed by atoms with Gasteiger partial charge in [-0.15, -0.1) is 0 Å². The molecule has 3 nitrogen and oxygen atoms in total. The van der Waals surface area contributed by atoms with Gasteiger partial charge >= 0.3 is 0 Å². The van der Waals surface area contributed by atoms with E-state index in [-0.39, 0.29) is 0 Å². The maximum absolute atomic E-state index is 5.10. The molecule has 0 fully saturated rings. The molecule has 0 atom stereocenters. The van der Waals surface area contributed by atoms with Crippen molar-refractivity contribution in [1.29, 1.82) is 0 Å². The molecule has 0 bridgehead atoms. The van der Waals surface area contributed by atoms with Crippen LogP contribution < -0.4 is 5.32 Å². The van der Waals surface area contributed by atoms with E-state index < -0.39 is 0 Å². The third-order valence-electron chi connectivity index (χ3n) is 7.84. The van der Waals surface area contributed by atoms with Crippen molar-refractivity contribution in [1.82, 2.24) is 9.97 Å². The van der Waals surface area contributed by atoms with E-state index in [1.165, 1.54) is 16.3 Å². The third kappa shape index (κ3) is 3.91. The zero-order chi connectivity index (χ0) is 26.5. The fourth-order valence-electron chi connectivity index (χ4n) is 5.72. The number of benzene rings is 5. The van der Waals surface area contributed by atoms with Crippen molar-refractivity contribution in [3.05, 3.63) is 133 Å². The largest absolute Gasteiger partial charge is 0.381 e. The molecule has 0 saturated heterocycles.